The van der Waals surface area contributed by atoms with E-state index < -0.39 is 10.1 Å². The summed E-state index contributed by atoms with van der Waals surface area (Å²) in [6.45, 7) is 0. The monoisotopic (exact) mass is 286 g/mol. The fraction of sp³-hybridized carbons (Fsp3) is 0.0909. The zero-order valence-electron chi connectivity index (χ0n) is 8.95. The van der Waals surface area contributed by atoms with Crippen molar-refractivity contribution in [1.82, 2.24) is 0 Å². The third-order valence-electron chi connectivity index (χ3n) is 2.25. The van der Waals surface area contributed by atoms with Crippen LogP contribution in [0.3, 0.4) is 0 Å². The van der Waals surface area contributed by atoms with Crippen LogP contribution in [0.15, 0.2) is 45.5 Å². The van der Waals surface area contributed by atoms with Gasteiger partial charge in [-0.2, -0.15) is 8.42 Å². The summed E-state index contributed by atoms with van der Waals surface area (Å²) >= 11 is 5.69. The summed E-state index contributed by atoms with van der Waals surface area (Å²) in [6, 6.07) is 9.13. The highest BCUT2D eigenvalue weighted by molar-refractivity contribution is 7.87. The lowest BCUT2D eigenvalue weighted by Gasteiger charge is -2.00. The predicted octanol–water partition coefficient (Wildman–Crippen LogP) is 3.04. The molecule has 6 heteroatoms. The Bertz CT molecular complexity index is 629. The summed E-state index contributed by atoms with van der Waals surface area (Å²) in [4.78, 5) is 1.85. The van der Waals surface area contributed by atoms with Crippen molar-refractivity contribution in [2.75, 3.05) is 7.11 Å². The van der Waals surface area contributed by atoms with Crippen LogP contribution in [0.25, 0.3) is 10.4 Å². The fourth-order valence-corrected chi connectivity index (χ4v) is 3.68. The van der Waals surface area contributed by atoms with Gasteiger partial charge in [0.1, 0.15) is 4.90 Å². The van der Waals surface area contributed by atoms with Gasteiger partial charge < -0.3 is 0 Å². The van der Waals surface area contributed by atoms with E-state index in [1.807, 2.05) is 24.3 Å². The Morgan fingerprint density at radius 2 is 2.00 bits per heavy atom. The van der Waals surface area contributed by atoms with Crippen LogP contribution in [-0.4, -0.2) is 15.5 Å². The number of benzene rings is 1. The number of hydrogen-bond donors (Lipinski definition) is 1. The van der Waals surface area contributed by atoms with Crippen LogP contribution >= 0.6 is 24.0 Å². The minimum Gasteiger partial charge on any atom is -0.270 e. The highest BCUT2D eigenvalue weighted by Gasteiger charge is 2.16. The Balaban J connectivity index is 2.48. The smallest absolute Gasteiger partial charge is 0.270 e. The second kappa shape index (κ2) is 4.81. The average Bonchev–Trinajstić information content (AvgIpc) is 2.79. The number of thiophene rings is 1. The van der Waals surface area contributed by atoms with Crippen LogP contribution in [-0.2, 0) is 14.3 Å². The third kappa shape index (κ3) is 2.55. The van der Waals surface area contributed by atoms with E-state index in [0.717, 1.165) is 22.4 Å². The van der Waals surface area contributed by atoms with Crippen LogP contribution in [0.2, 0.25) is 0 Å². The van der Waals surface area contributed by atoms with Crippen molar-refractivity contribution in [2.24, 2.45) is 0 Å². The summed E-state index contributed by atoms with van der Waals surface area (Å²) in [7, 11) is -2.46. The molecule has 1 aromatic carbocycles. The van der Waals surface area contributed by atoms with Crippen LogP contribution in [0.1, 0.15) is 0 Å². The molecule has 0 fully saturated rings. The average molecular weight is 286 g/mol. The summed E-state index contributed by atoms with van der Waals surface area (Å²) in [5.41, 5.74) is 0.915. The molecular weight excluding hydrogens is 276 g/mol. The maximum Gasteiger partial charge on any atom is 0.297 e. The number of rotatable bonds is 3. The van der Waals surface area contributed by atoms with Gasteiger partial charge in [-0.3, -0.25) is 4.18 Å². The molecule has 0 aliphatic carbocycles. The summed E-state index contributed by atoms with van der Waals surface area (Å²) in [6.07, 6.45) is 0. The molecule has 2 rings (SSSR count). The quantitative estimate of drug-likeness (QED) is 0.696. The Morgan fingerprint density at radius 3 is 2.65 bits per heavy atom. The first-order chi connectivity index (χ1) is 8.04. The molecule has 0 aliphatic heterocycles. The van der Waals surface area contributed by atoms with Crippen molar-refractivity contribution in [3.63, 3.8) is 0 Å². The second-order valence-electron chi connectivity index (χ2n) is 3.28. The van der Waals surface area contributed by atoms with E-state index in [1.165, 1.54) is 11.3 Å². The summed E-state index contributed by atoms with van der Waals surface area (Å²) in [5, 5.41) is 1.56. The van der Waals surface area contributed by atoms with E-state index in [2.05, 4.69) is 16.8 Å². The SMILES string of the molecule is COS(=O)(=O)c1csc(-c2ccccc2S)c1. The Labute approximate surface area is 110 Å². The number of hydrogen-bond acceptors (Lipinski definition) is 5. The highest BCUT2D eigenvalue weighted by atomic mass is 32.2. The molecule has 0 aliphatic rings. The van der Waals surface area contributed by atoms with Gasteiger partial charge in [0, 0.05) is 20.7 Å². The first kappa shape index (κ1) is 12.6. The molecule has 0 spiro atoms. The molecule has 0 unspecified atom stereocenters. The van der Waals surface area contributed by atoms with Crippen LogP contribution in [0.5, 0.6) is 0 Å². The van der Waals surface area contributed by atoms with Crippen molar-refractivity contribution >= 4 is 34.1 Å². The van der Waals surface area contributed by atoms with Gasteiger partial charge >= 0.3 is 0 Å². The minimum absolute atomic E-state index is 0.177. The molecule has 0 amide bonds. The largest absolute Gasteiger partial charge is 0.297 e. The van der Waals surface area contributed by atoms with Gasteiger partial charge in [0.2, 0.25) is 0 Å². The van der Waals surface area contributed by atoms with E-state index in [9.17, 15) is 8.42 Å². The lowest BCUT2D eigenvalue weighted by molar-refractivity contribution is 0.398. The fourth-order valence-electron chi connectivity index (χ4n) is 1.37. The van der Waals surface area contributed by atoms with Gasteiger partial charge in [-0.25, -0.2) is 0 Å². The van der Waals surface area contributed by atoms with E-state index in [-0.39, 0.29) is 4.90 Å². The highest BCUT2D eigenvalue weighted by Crippen LogP contribution is 2.33. The molecular formula is C11H10O3S3. The molecule has 0 atom stereocenters. The molecule has 0 saturated carbocycles. The van der Waals surface area contributed by atoms with Crippen LogP contribution < -0.4 is 0 Å². The molecule has 1 aromatic heterocycles. The first-order valence-electron chi connectivity index (χ1n) is 4.72. The van der Waals surface area contributed by atoms with Gasteiger partial charge in [0.15, 0.2) is 0 Å². The Morgan fingerprint density at radius 1 is 1.29 bits per heavy atom. The van der Waals surface area contributed by atoms with Crippen molar-refractivity contribution in [3.8, 4) is 10.4 Å². The standard InChI is InChI=1S/C11H10O3S3/c1-14-17(12,13)8-6-11(16-7-8)9-4-2-3-5-10(9)15/h2-7,15H,1H3. The number of thiol groups is 1. The maximum absolute atomic E-state index is 11.5. The van der Waals surface area contributed by atoms with Crippen molar-refractivity contribution in [2.45, 2.75) is 9.79 Å². The van der Waals surface area contributed by atoms with E-state index >= 15 is 0 Å². The molecule has 0 N–H and O–H groups in total. The van der Waals surface area contributed by atoms with Gasteiger partial charge in [-0.05, 0) is 12.1 Å². The van der Waals surface area contributed by atoms with Crippen molar-refractivity contribution in [1.29, 1.82) is 0 Å². The zero-order chi connectivity index (χ0) is 12.5. The zero-order valence-corrected chi connectivity index (χ0v) is 11.5. The second-order valence-corrected chi connectivity index (χ2v) is 6.39. The summed E-state index contributed by atoms with van der Waals surface area (Å²) < 4.78 is 27.5. The molecule has 3 nitrogen and oxygen atoms in total. The van der Waals surface area contributed by atoms with Gasteiger partial charge in [0.25, 0.3) is 10.1 Å². The topological polar surface area (TPSA) is 43.4 Å². The molecule has 0 bridgehead atoms. The summed E-state index contributed by atoms with van der Waals surface area (Å²) in [5.74, 6) is 0. The maximum atomic E-state index is 11.5. The van der Waals surface area contributed by atoms with E-state index in [1.54, 1.807) is 11.4 Å². The third-order valence-corrected chi connectivity index (χ3v) is 5.01. The van der Waals surface area contributed by atoms with Crippen LogP contribution in [0.4, 0.5) is 0 Å². The molecule has 2 aromatic rings. The van der Waals surface area contributed by atoms with Crippen molar-refractivity contribution in [3.05, 3.63) is 35.7 Å². The lowest BCUT2D eigenvalue weighted by Crippen LogP contribution is -2.00. The molecule has 90 valence electrons. The van der Waals surface area contributed by atoms with Crippen LogP contribution in [0, 0.1) is 0 Å². The molecule has 17 heavy (non-hydrogen) atoms. The molecule has 1 heterocycles. The van der Waals surface area contributed by atoms with Gasteiger partial charge in [-0.1, -0.05) is 18.2 Å². The molecule has 0 radical (unpaired) electrons. The van der Waals surface area contributed by atoms with Gasteiger partial charge in [-0.15, -0.1) is 24.0 Å². The Hall–Kier alpha value is -0.820. The van der Waals surface area contributed by atoms with E-state index in [4.69, 9.17) is 0 Å². The van der Waals surface area contributed by atoms with Crippen molar-refractivity contribution < 1.29 is 12.6 Å². The minimum atomic E-state index is -3.61. The lowest BCUT2D eigenvalue weighted by atomic mass is 10.2. The first-order valence-corrected chi connectivity index (χ1v) is 7.45. The van der Waals surface area contributed by atoms with E-state index in [0.29, 0.717) is 0 Å². The predicted molar refractivity (Wildman–Crippen MR) is 71.2 cm³/mol. The normalized spacial score (nSPS) is 11.6. The Kier molecular flexibility index (Phi) is 3.58. The molecule has 0 saturated heterocycles. The van der Waals surface area contributed by atoms with Gasteiger partial charge in [0.05, 0.1) is 7.11 Å².